The molecule has 0 aromatic rings. The van der Waals surface area contributed by atoms with E-state index in [0.717, 1.165) is 11.5 Å². The Bertz CT molecular complexity index is 235. The van der Waals surface area contributed by atoms with Gasteiger partial charge in [-0.3, -0.25) is 10.1 Å². The van der Waals surface area contributed by atoms with E-state index in [2.05, 4.69) is 12.2 Å². The van der Waals surface area contributed by atoms with Crippen LogP contribution in [0.2, 0.25) is 0 Å². The second-order valence-corrected chi connectivity index (χ2v) is 4.49. The maximum absolute atomic E-state index is 11.0. The highest BCUT2D eigenvalue weighted by molar-refractivity contribution is 7.99. The number of urea groups is 1. The van der Waals surface area contributed by atoms with Crippen LogP contribution in [0.4, 0.5) is 4.79 Å². The first-order valence-electron chi connectivity index (χ1n) is 4.50. The van der Waals surface area contributed by atoms with Crippen molar-refractivity contribution < 1.29 is 9.59 Å². The van der Waals surface area contributed by atoms with Gasteiger partial charge < -0.3 is 11.1 Å². The smallest absolute Gasteiger partial charge is 0.318 e. The molecule has 2 atom stereocenters. The molecular formula is C8H15N3O2S. The van der Waals surface area contributed by atoms with Gasteiger partial charge in [-0.2, -0.15) is 11.8 Å². The maximum Gasteiger partial charge on any atom is 0.318 e. The fraction of sp³-hybridized carbons (Fsp3) is 0.750. The van der Waals surface area contributed by atoms with Crippen molar-refractivity contribution in [3.63, 3.8) is 0 Å². The van der Waals surface area contributed by atoms with Gasteiger partial charge >= 0.3 is 6.03 Å². The summed E-state index contributed by atoms with van der Waals surface area (Å²) in [5, 5.41) is 5.11. The average Bonchev–Trinajstić information content (AvgIpc) is 2.46. The van der Waals surface area contributed by atoms with Gasteiger partial charge in [0.2, 0.25) is 5.91 Å². The number of hydrogen-bond acceptors (Lipinski definition) is 4. The molecule has 4 N–H and O–H groups in total. The summed E-state index contributed by atoms with van der Waals surface area (Å²) < 4.78 is 0. The van der Waals surface area contributed by atoms with Gasteiger partial charge in [-0.15, -0.1) is 0 Å². The standard InChI is InChI=1S/C8H15N3O2S/c1-5-3-14-4-6(5)10-2-7(12)11-8(9)13/h5-6,10H,2-4H2,1H3,(H3,9,11,12,13). The number of primary amides is 1. The molecule has 1 fully saturated rings. The number of rotatable bonds is 3. The largest absolute Gasteiger partial charge is 0.351 e. The van der Waals surface area contributed by atoms with E-state index in [-0.39, 0.29) is 12.5 Å². The predicted molar refractivity (Wildman–Crippen MR) is 56.0 cm³/mol. The van der Waals surface area contributed by atoms with Gasteiger partial charge in [0, 0.05) is 11.8 Å². The Morgan fingerprint density at radius 1 is 1.50 bits per heavy atom. The number of thioether (sulfide) groups is 1. The van der Waals surface area contributed by atoms with Crippen LogP contribution in [-0.4, -0.2) is 36.0 Å². The van der Waals surface area contributed by atoms with E-state index in [1.54, 1.807) is 0 Å². The van der Waals surface area contributed by atoms with Crippen LogP contribution in [0, 0.1) is 5.92 Å². The summed E-state index contributed by atoms with van der Waals surface area (Å²) >= 11 is 1.87. The number of amides is 3. The molecule has 80 valence electrons. The normalized spacial score (nSPS) is 26.1. The van der Waals surface area contributed by atoms with E-state index in [1.807, 2.05) is 17.1 Å². The van der Waals surface area contributed by atoms with E-state index < -0.39 is 6.03 Å². The van der Waals surface area contributed by atoms with E-state index in [4.69, 9.17) is 5.73 Å². The lowest BCUT2D eigenvalue weighted by Gasteiger charge is -2.15. The van der Waals surface area contributed by atoms with Gasteiger partial charge in [-0.1, -0.05) is 6.92 Å². The number of imide groups is 1. The van der Waals surface area contributed by atoms with Crippen molar-refractivity contribution in [3.05, 3.63) is 0 Å². The molecule has 0 aromatic carbocycles. The third-order valence-corrected chi connectivity index (χ3v) is 3.51. The molecule has 5 nitrogen and oxygen atoms in total. The van der Waals surface area contributed by atoms with Gasteiger partial charge in [0.05, 0.1) is 6.54 Å². The van der Waals surface area contributed by atoms with Crippen molar-refractivity contribution in [2.24, 2.45) is 11.7 Å². The van der Waals surface area contributed by atoms with Gasteiger partial charge in [-0.25, -0.2) is 4.79 Å². The number of nitrogens with one attached hydrogen (secondary N) is 2. The lowest BCUT2D eigenvalue weighted by molar-refractivity contribution is -0.119. The van der Waals surface area contributed by atoms with E-state index in [9.17, 15) is 9.59 Å². The minimum atomic E-state index is -0.800. The summed E-state index contributed by atoms with van der Waals surface area (Å²) in [5.41, 5.74) is 4.80. The van der Waals surface area contributed by atoms with Crippen molar-refractivity contribution in [1.82, 2.24) is 10.6 Å². The van der Waals surface area contributed by atoms with Crippen molar-refractivity contribution in [1.29, 1.82) is 0 Å². The number of nitrogens with two attached hydrogens (primary N) is 1. The zero-order valence-electron chi connectivity index (χ0n) is 8.08. The highest BCUT2D eigenvalue weighted by atomic mass is 32.2. The van der Waals surface area contributed by atoms with Crippen molar-refractivity contribution in [2.75, 3.05) is 18.1 Å². The molecule has 0 radical (unpaired) electrons. The summed E-state index contributed by atoms with van der Waals surface area (Å²) in [6, 6.07) is -0.440. The fourth-order valence-electron chi connectivity index (χ4n) is 1.33. The molecule has 1 saturated heterocycles. The Labute approximate surface area is 87.2 Å². The predicted octanol–water partition coefficient (Wildman–Crippen LogP) is -0.478. The Balaban J connectivity index is 2.19. The third kappa shape index (κ3) is 3.55. The van der Waals surface area contributed by atoms with E-state index >= 15 is 0 Å². The fourth-order valence-corrected chi connectivity index (χ4v) is 2.77. The second-order valence-electron chi connectivity index (χ2n) is 3.41. The van der Waals surface area contributed by atoms with Crippen LogP contribution in [0.1, 0.15) is 6.92 Å². The molecule has 0 bridgehead atoms. The molecule has 3 amide bonds. The minimum absolute atomic E-state index is 0.151. The van der Waals surface area contributed by atoms with E-state index in [0.29, 0.717) is 12.0 Å². The highest BCUT2D eigenvalue weighted by Gasteiger charge is 2.23. The lowest BCUT2D eigenvalue weighted by atomic mass is 10.1. The Kier molecular flexibility index (Phi) is 4.21. The third-order valence-electron chi connectivity index (χ3n) is 2.15. The summed E-state index contributed by atoms with van der Waals surface area (Å²) in [6.45, 7) is 2.29. The van der Waals surface area contributed by atoms with Crippen LogP contribution in [-0.2, 0) is 4.79 Å². The molecule has 1 aliphatic heterocycles. The van der Waals surface area contributed by atoms with E-state index in [1.165, 1.54) is 0 Å². The number of carbonyl (C=O) groups excluding carboxylic acids is 2. The molecule has 0 spiro atoms. The first-order chi connectivity index (χ1) is 6.59. The first kappa shape index (κ1) is 11.3. The number of hydrogen-bond donors (Lipinski definition) is 3. The Morgan fingerprint density at radius 2 is 2.21 bits per heavy atom. The highest BCUT2D eigenvalue weighted by Crippen LogP contribution is 2.23. The SMILES string of the molecule is CC1CSCC1NCC(=O)NC(N)=O. The number of carbonyl (C=O) groups is 2. The van der Waals surface area contributed by atoms with Gasteiger partial charge in [0.1, 0.15) is 0 Å². The minimum Gasteiger partial charge on any atom is -0.351 e. The molecule has 0 aliphatic carbocycles. The quantitative estimate of drug-likeness (QED) is 0.596. The summed E-state index contributed by atoms with van der Waals surface area (Å²) in [7, 11) is 0. The van der Waals surface area contributed by atoms with Crippen LogP contribution in [0.3, 0.4) is 0 Å². The molecule has 1 heterocycles. The topological polar surface area (TPSA) is 84.2 Å². The molecular weight excluding hydrogens is 202 g/mol. The molecule has 6 heteroatoms. The average molecular weight is 217 g/mol. The zero-order chi connectivity index (χ0) is 10.6. The molecule has 1 aliphatic rings. The van der Waals surface area contributed by atoms with Crippen LogP contribution in [0.25, 0.3) is 0 Å². The van der Waals surface area contributed by atoms with Gasteiger partial charge in [0.15, 0.2) is 0 Å². The summed E-state index contributed by atoms with van der Waals surface area (Å²) in [5.74, 6) is 2.34. The van der Waals surface area contributed by atoms with Gasteiger partial charge in [0.25, 0.3) is 0 Å². The van der Waals surface area contributed by atoms with Crippen molar-refractivity contribution in [2.45, 2.75) is 13.0 Å². The van der Waals surface area contributed by atoms with Crippen LogP contribution in [0.5, 0.6) is 0 Å². The van der Waals surface area contributed by atoms with Crippen molar-refractivity contribution in [3.8, 4) is 0 Å². The molecule has 0 saturated carbocycles. The summed E-state index contributed by atoms with van der Waals surface area (Å²) in [6.07, 6.45) is 0. The zero-order valence-corrected chi connectivity index (χ0v) is 8.89. The molecule has 0 aromatic heterocycles. The van der Waals surface area contributed by atoms with Crippen LogP contribution in [0.15, 0.2) is 0 Å². The Morgan fingerprint density at radius 3 is 2.71 bits per heavy atom. The monoisotopic (exact) mass is 217 g/mol. The molecule has 14 heavy (non-hydrogen) atoms. The lowest BCUT2D eigenvalue weighted by Crippen LogP contribution is -2.44. The first-order valence-corrected chi connectivity index (χ1v) is 5.65. The van der Waals surface area contributed by atoms with Gasteiger partial charge in [-0.05, 0) is 11.7 Å². The summed E-state index contributed by atoms with van der Waals surface area (Å²) in [4.78, 5) is 21.4. The molecule has 1 rings (SSSR count). The molecule has 2 unspecified atom stereocenters. The Hall–Kier alpha value is -0.750. The van der Waals surface area contributed by atoms with Crippen LogP contribution < -0.4 is 16.4 Å². The maximum atomic E-state index is 11.0. The second kappa shape index (κ2) is 5.21. The van der Waals surface area contributed by atoms with Crippen LogP contribution >= 0.6 is 11.8 Å². The van der Waals surface area contributed by atoms with Crippen molar-refractivity contribution >= 4 is 23.7 Å².